The van der Waals surface area contributed by atoms with E-state index in [0.29, 0.717) is 6.42 Å². The van der Waals surface area contributed by atoms with Gasteiger partial charge in [-0.1, -0.05) is 24.3 Å². The molecule has 102 valence electrons. The maximum atomic E-state index is 12.1. The van der Waals surface area contributed by atoms with Crippen LogP contribution in [0.5, 0.6) is 5.75 Å². The van der Waals surface area contributed by atoms with Gasteiger partial charge in [-0.15, -0.1) is 0 Å². The Labute approximate surface area is 117 Å². The Morgan fingerprint density at radius 3 is 2.65 bits per heavy atom. The number of aryl methyl sites for hydroxylation is 1. The molecule has 2 aromatic carbocycles. The summed E-state index contributed by atoms with van der Waals surface area (Å²) in [7, 11) is 0. The third kappa shape index (κ3) is 2.32. The number of hydrogen-bond acceptors (Lipinski definition) is 3. The van der Waals surface area contributed by atoms with Crippen LogP contribution in [0.1, 0.15) is 11.1 Å². The lowest BCUT2D eigenvalue weighted by Crippen LogP contribution is -2.40. The van der Waals surface area contributed by atoms with Gasteiger partial charge in [0.1, 0.15) is 11.8 Å². The lowest BCUT2D eigenvalue weighted by molar-refractivity contribution is -0.117. The number of phenolic OH excluding ortho intramolecular Hbond substituents is 1. The fourth-order valence-electron chi connectivity index (χ4n) is 2.43. The van der Waals surface area contributed by atoms with Gasteiger partial charge < -0.3 is 15.7 Å². The van der Waals surface area contributed by atoms with Gasteiger partial charge in [0.25, 0.3) is 0 Å². The fraction of sp³-hybridized carbons (Fsp3) is 0.188. The highest BCUT2D eigenvalue weighted by Crippen LogP contribution is 2.30. The highest BCUT2D eigenvalue weighted by Gasteiger charge is 2.26. The van der Waals surface area contributed by atoms with Crippen LogP contribution in [0.2, 0.25) is 0 Å². The van der Waals surface area contributed by atoms with Crippen LogP contribution in [0.3, 0.4) is 0 Å². The second kappa shape index (κ2) is 4.89. The summed E-state index contributed by atoms with van der Waals surface area (Å²) in [5.41, 5.74) is 3.93. The topological polar surface area (TPSA) is 61.4 Å². The number of amides is 1. The van der Waals surface area contributed by atoms with E-state index in [4.69, 9.17) is 0 Å². The molecule has 3 N–H and O–H groups in total. The van der Waals surface area contributed by atoms with Crippen molar-refractivity contribution < 1.29 is 9.90 Å². The first-order valence-corrected chi connectivity index (χ1v) is 6.58. The van der Waals surface area contributed by atoms with E-state index in [9.17, 15) is 9.90 Å². The molecule has 0 saturated carbocycles. The predicted molar refractivity (Wildman–Crippen MR) is 79.0 cm³/mol. The van der Waals surface area contributed by atoms with Gasteiger partial charge in [-0.05, 0) is 36.2 Å². The van der Waals surface area contributed by atoms with Crippen molar-refractivity contribution in [3.63, 3.8) is 0 Å². The van der Waals surface area contributed by atoms with Gasteiger partial charge in [0, 0.05) is 6.42 Å². The highest BCUT2D eigenvalue weighted by atomic mass is 16.3. The van der Waals surface area contributed by atoms with Gasteiger partial charge in [0.15, 0.2) is 0 Å². The van der Waals surface area contributed by atoms with Crippen molar-refractivity contribution in [2.45, 2.75) is 19.4 Å². The number of rotatable bonds is 2. The van der Waals surface area contributed by atoms with Crippen molar-refractivity contribution in [2.24, 2.45) is 0 Å². The normalized spacial score (nSPS) is 17.1. The second-order valence-electron chi connectivity index (χ2n) is 5.05. The largest absolute Gasteiger partial charge is 0.508 e. The first-order chi connectivity index (χ1) is 9.63. The third-order valence-corrected chi connectivity index (χ3v) is 3.54. The first-order valence-electron chi connectivity index (χ1n) is 6.58. The van der Waals surface area contributed by atoms with E-state index in [1.54, 1.807) is 12.1 Å². The molecular formula is C16H16N2O2. The van der Waals surface area contributed by atoms with E-state index in [1.165, 1.54) is 0 Å². The number of carbonyl (C=O) groups excluding carboxylic acids is 1. The van der Waals surface area contributed by atoms with Gasteiger partial charge >= 0.3 is 0 Å². The van der Waals surface area contributed by atoms with Crippen LogP contribution in [-0.2, 0) is 11.2 Å². The Morgan fingerprint density at radius 1 is 1.15 bits per heavy atom. The summed E-state index contributed by atoms with van der Waals surface area (Å²) in [4.78, 5) is 12.1. The van der Waals surface area contributed by atoms with Crippen molar-refractivity contribution in [2.75, 3.05) is 10.6 Å². The van der Waals surface area contributed by atoms with Gasteiger partial charge in [-0.2, -0.15) is 0 Å². The van der Waals surface area contributed by atoms with Crippen molar-refractivity contribution in [1.29, 1.82) is 0 Å². The van der Waals surface area contributed by atoms with Gasteiger partial charge in [0.2, 0.25) is 5.91 Å². The summed E-state index contributed by atoms with van der Waals surface area (Å²) in [6, 6.07) is 12.5. The van der Waals surface area contributed by atoms with E-state index < -0.39 is 0 Å². The molecule has 1 aliphatic rings. The van der Waals surface area contributed by atoms with Crippen molar-refractivity contribution in [3.8, 4) is 5.75 Å². The molecule has 20 heavy (non-hydrogen) atoms. The number of benzene rings is 2. The summed E-state index contributed by atoms with van der Waals surface area (Å²) in [5, 5.41) is 15.5. The third-order valence-electron chi connectivity index (χ3n) is 3.54. The zero-order chi connectivity index (χ0) is 14.1. The van der Waals surface area contributed by atoms with E-state index in [2.05, 4.69) is 10.6 Å². The molecule has 4 nitrogen and oxygen atoms in total. The van der Waals surface area contributed by atoms with Crippen LogP contribution >= 0.6 is 0 Å². The molecule has 4 heteroatoms. The molecule has 0 fully saturated rings. The maximum Gasteiger partial charge on any atom is 0.247 e. The quantitative estimate of drug-likeness (QED) is 0.784. The molecule has 0 saturated heterocycles. The number of aromatic hydroxyl groups is 1. The van der Waals surface area contributed by atoms with Crippen LogP contribution in [0.15, 0.2) is 42.5 Å². The van der Waals surface area contributed by atoms with Crippen molar-refractivity contribution in [1.82, 2.24) is 0 Å². The Morgan fingerprint density at radius 2 is 1.90 bits per heavy atom. The summed E-state index contributed by atoms with van der Waals surface area (Å²) < 4.78 is 0. The maximum absolute atomic E-state index is 12.1. The predicted octanol–water partition coefficient (Wildman–Crippen LogP) is 2.68. The molecule has 1 aliphatic heterocycles. The molecule has 0 aromatic heterocycles. The number of para-hydroxylation sites is 1. The van der Waals surface area contributed by atoms with Gasteiger partial charge in [-0.25, -0.2) is 0 Å². The van der Waals surface area contributed by atoms with Crippen LogP contribution in [0.4, 0.5) is 11.4 Å². The zero-order valence-corrected chi connectivity index (χ0v) is 11.2. The summed E-state index contributed by atoms with van der Waals surface area (Å²) in [6.07, 6.45) is 0.583. The number of fused-ring (bicyclic) bond motifs is 1. The van der Waals surface area contributed by atoms with E-state index >= 15 is 0 Å². The molecule has 1 atom stereocenters. The minimum atomic E-state index is -0.298. The minimum absolute atomic E-state index is 0.0313. The van der Waals surface area contributed by atoms with Crippen molar-refractivity contribution in [3.05, 3.63) is 53.6 Å². The van der Waals surface area contributed by atoms with E-state index in [0.717, 1.165) is 22.5 Å². The fourth-order valence-corrected chi connectivity index (χ4v) is 2.43. The van der Waals surface area contributed by atoms with Crippen molar-refractivity contribution >= 4 is 17.3 Å². The van der Waals surface area contributed by atoms with Crippen LogP contribution in [0.25, 0.3) is 0 Å². The molecule has 1 amide bonds. The summed E-state index contributed by atoms with van der Waals surface area (Å²) >= 11 is 0. The monoisotopic (exact) mass is 268 g/mol. The summed E-state index contributed by atoms with van der Waals surface area (Å²) in [6.45, 7) is 2.01. The van der Waals surface area contributed by atoms with E-state index in [-0.39, 0.29) is 17.7 Å². The SMILES string of the molecule is Cc1cccc2c1NC(Cc1ccc(O)cc1)C(=O)N2. The Bertz CT molecular complexity index is 650. The number of hydrogen-bond donors (Lipinski definition) is 3. The van der Waals surface area contributed by atoms with Gasteiger partial charge in [0.05, 0.1) is 11.4 Å². The lowest BCUT2D eigenvalue weighted by atomic mass is 10.0. The first kappa shape index (κ1) is 12.5. The number of carbonyl (C=O) groups is 1. The Balaban J connectivity index is 1.83. The standard InChI is InChI=1S/C16H16N2O2/c1-10-3-2-4-13-15(10)17-14(16(20)18-13)9-11-5-7-12(19)8-6-11/h2-8,14,17,19H,9H2,1H3,(H,18,20). The van der Waals surface area contributed by atoms with Crippen LogP contribution < -0.4 is 10.6 Å². The number of phenols is 1. The average molecular weight is 268 g/mol. The molecule has 0 aliphatic carbocycles. The van der Waals surface area contributed by atoms with Crippen LogP contribution in [-0.4, -0.2) is 17.1 Å². The van der Waals surface area contributed by atoms with E-state index in [1.807, 2.05) is 37.3 Å². The smallest absolute Gasteiger partial charge is 0.247 e. The Hall–Kier alpha value is -2.49. The second-order valence-corrected chi connectivity index (χ2v) is 5.05. The summed E-state index contributed by atoms with van der Waals surface area (Å²) in [5.74, 6) is 0.201. The Kier molecular flexibility index (Phi) is 3.06. The minimum Gasteiger partial charge on any atom is -0.508 e. The zero-order valence-electron chi connectivity index (χ0n) is 11.2. The number of nitrogens with one attached hydrogen (secondary N) is 2. The number of anilines is 2. The molecule has 1 heterocycles. The highest BCUT2D eigenvalue weighted by molar-refractivity contribution is 6.03. The lowest BCUT2D eigenvalue weighted by Gasteiger charge is -2.28. The molecule has 2 aromatic rings. The average Bonchev–Trinajstić information content (AvgIpc) is 2.43. The molecule has 3 rings (SSSR count). The molecular weight excluding hydrogens is 252 g/mol. The van der Waals surface area contributed by atoms with Gasteiger partial charge in [-0.3, -0.25) is 4.79 Å². The molecule has 0 spiro atoms. The molecule has 1 unspecified atom stereocenters. The van der Waals surface area contributed by atoms with Crippen LogP contribution in [0, 0.1) is 6.92 Å². The molecule has 0 bridgehead atoms. The molecule has 0 radical (unpaired) electrons.